The number of benzene rings is 1. The maximum Gasteiger partial charge on any atom is 0.115 e. The fraction of sp³-hybridized carbons (Fsp3) is 0.455. The lowest BCUT2D eigenvalue weighted by Gasteiger charge is -2.20. The maximum atomic E-state index is 10.0. The van der Waals surface area contributed by atoms with Gasteiger partial charge in [-0.1, -0.05) is 12.1 Å². The standard InChI is InChI=1S/C11H15NO2/c12-7-11(4-5-11)10(14)8-2-1-3-9(13)6-8/h1-3,6,10,13-14H,4-5,7,12H2. The number of nitrogens with two attached hydrogens (primary N) is 1. The molecule has 3 heteroatoms. The molecule has 1 aliphatic carbocycles. The van der Waals surface area contributed by atoms with E-state index >= 15 is 0 Å². The second kappa shape index (κ2) is 3.26. The number of aromatic hydroxyl groups is 1. The first-order valence-electron chi connectivity index (χ1n) is 4.85. The van der Waals surface area contributed by atoms with Crippen LogP contribution in [-0.2, 0) is 0 Å². The van der Waals surface area contributed by atoms with Crippen LogP contribution in [0.5, 0.6) is 5.75 Å². The van der Waals surface area contributed by atoms with E-state index in [2.05, 4.69) is 0 Å². The Bertz CT molecular complexity index is 334. The van der Waals surface area contributed by atoms with Crippen LogP contribution in [0.15, 0.2) is 24.3 Å². The average molecular weight is 193 g/mol. The molecule has 0 spiro atoms. The summed E-state index contributed by atoms with van der Waals surface area (Å²) in [4.78, 5) is 0. The Morgan fingerprint density at radius 2 is 2.14 bits per heavy atom. The van der Waals surface area contributed by atoms with Crippen LogP contribution in [0.3, 0.4) is 0 Å². The quantitative estimate of drug-likeness (QED) is 0.675. The third-order valence-corrected chi connectivity index (χ3v) is 3.06. The molecule has 1 aromatic rings. The van der Waals surface area contributed by atoms with Crippen LogP contribution in [-0.4, -0.2) is 16.8 Å². The zero-order chi connectivity index (χ0) is 10.2. The van der Waals surface area contributed by atoms with E-state index in [-0.39, 0.29) is 11.2 Å². The molecular weight excluding hydrogens is 178 g/mol. The van der Waals surface area contributed by atoms with E-state index in [1.165, 1.54) is 0 Å². The summed E-state index contributed by atoms with van der Waals surface area (Å²) in [6.07, 6.45) is 1.40. The lowest BCUT2D eigenvalue weighted by molar-refractivity contribution is 0.0973. The Labute approximate surface area is 83.2 Å². The average Bonchev–Trinajstić information content (AvgIpc) is 2.97. The molecule has 2 rings (SSSR count). The van der Waals surface area contributed by atoms with Crippen LogP contribution in [0.1, 0.15) is 24.5 Å². The molecule has 0 aliphatic heterocycles. The zero-order valence-electron chi connectivity index (χ0n) is 7.98. The molecule has 0 radical (unpaired) electrons. The molecule has 0 saturated heterocycles. The predicted molar refractivity (Wildman–Crippen MR) is 53.8 cm³/mol. The van der Waals surface area contributed by atoms with Crippen molar-refractivity contribution in [1.29, 1.82) is 0 Å². The minimum Gasteiger partial charge on any atom is -0.508 e. The largest absolute Gasteiger partial charge is 0.508 e. The van der Waals surface area contributed by atoms with E-state index in [0.29, 0.717) is 6.54 Å². The fourth-order valence-electron chi connectivity index (χ4n) is 1.80. The monoisotopic (exact) mass is 193 g/mol. The van der Waals surface area contributed by atoms with Crippen LogP contribution in [0.4, 0.5) is 0 Å². The van der Waals surface area contributed by atoms with E-state index in [0.717, 1.165) is 18.4 Å². The molecule has 1 aliphatic rings. The number of rotatable bonds is 3. The van der Waals surface area contributed by atoms with Crippen molar-refractivity contribution in [2.75, 3.05) is 6.54 Å². The fourth-order valence-corrected chi connectivity index (χ4v) is 1.80. The maximum absolute atomic E-state index is 10.0. The summed E-state index contributed by atoms with van der Waals surface area (Å²) in [7, 11) is 0. The van der Waals surface area contributed by atoms with Crippen LogP contribution in [0, 0.1) is 5.41 Å². The summed E-state index contributed by atoms with van der Waals surface area (Å²) < 4.78 is 0. The van der Waals surface area contributed by atoms with Gasteiger partial charge >= 0.3 is 0 Å². The third-order valence-electron chi connectivity index (χ3n) is 3.06. The molecule has 1 aromatic carbocycles. The molecule has 1 saturated carbocycles. The minimum absolute atomic E-state index is 0.131. The van der Waals surface area contributed by atoms with Gasteiger partial charge < -0.3 is 15.9 Å². The summed E-state index contributed by atoms with van der Waals surface area (Å²) in [5.41, 5.74) is 6.25. The van der Waals surface area contributed by atoms with Gasteiger partial charge in [0.05, 0.1) is 6.10 Å². The second-order valence-electron chi connectivity index (χ2n) is 4.06. The molecule has 1 atom stereocenters. The van der Waals surface area contributed by atoms with Gasteiger partial charge in [-0.15, -0.1) is 0 Å². The molecular formula is C11H15NO2. The molecule has 1 fully saturated rings. The van der Waals surface area contributed by atoms with Crippen molar-refractivity contribution in [3.8, 4) is 5.75 Å². The normalized spacial score (nSPS) is 20.4. The highest BCUT2D eigenvalue weighted by molar-refractivity contribution is 5.30. The number of aliphatic hydroxyl groups is 1. The van der Waals surface area contributed by atoms with Crippen molar-refractivity contribution in [2.24, 2.45) is 11.1 Å². The Morgan fingerprint density at radius 3 is 2.64 bits per heavy atom. The van der Waals surface area contributed by atoms with Gasteiger partial charge in [-0.2, -0.15) is 0 Å². The first kappa shape index (κ1) is 9.49. The molecule has 14 heavy (non-hydrogen) atoms. The smallest absolute Gasteiger partial charge is 0.115 e. The van der Waals surface area contributed by atoms with Gasteiger partial charge in [0.2, 0.25) is 0 Å². The molecule has 0 aromatic heterocycles. The Balaban J connectivity index is 2.23. The number of phenols is 1. The van der Waals surface area contributed by atoms with Crippen LogP contribution >= 0.6 is 0 Å². The number of phenolic OH excluding ortho intramolecular Hbond substituents is 1. The Kier molecular flexibility index (Phi) is 2.21. The molecule has 0 amide bonds. The second-order valence-corrected chi connectivity index (χ2v) is 4.06. The van der Waals surface area contributed by atoms with Crippen molar-refractivity contribution < 1.29 is 10.2 Å². The van der Waals surface area contributed by atoms with Gasteiger partial charge in [-0.3, -0.25) is 0 Å². The molecule has 0 bridgehead atoms. The van der Waals surface area contributed by atoms with Gasteiger partial charge in [0.25, 0.3) is 0 Å². The predicted octanol–water partition coefficient (Wildman–Crippen LogP) is 1.16. The molecule has 3 nitrogen and oxygen atoms in total. The Hall–Kier alpha value is -1.06. The van der Waals surface area contributed by atoms with Crippen molar-refractivity contribution >= 4 is 0 Å². The molecule has 1 unspecified atom stereocenters. The zero-order valence-corrected chi connectivity index (χ0v) is 7.98. The summed E-state index contributed by atoms with van der Waals surface area (Å²) in [6, 6.07) is 6.75. The topological polar surface area (TPSA) is 66.5 Å². The van der Waals surface area contributed by atoms with E-state index in [1.54, 1.807) is 18.2 Å². The van der Waals surface area contributed by atoms with Crippen molar-refractivity contribution in [3.05, 3.63) is 29.8 Å². The van der Waals surface area contributed by atoms with E-state index in [1.807, 2.05) is 6.07 Å². The summed E-state index contributed by atoms with van der Waals surface area (Å²) in [5.74, 6) is 0.189. The van der Waals surface area contributed by atoms with Crippen molar-refractivity contribution in [2.45, 2.75) is 18.9 Å². The van der Waals surface area contributed by atoms with Gasteiger partial charge in [-0.05, 0) is 30.5 Å². The van der Waals surface area contributed by atoms with Gasteiger partial charge in [0.15, 0.2) is 0 Å². The highest BCUT2D eigenvalue weighted by Crippen LogP contribution is 2.54. The minimum atomic E-state index is -0.542. The van der Waals surface area contributed by atoms with E-state index in [9.17, 15) is 10.2 Å². The van der Waals surface area contributed by atoms with E-state index < -0.39 is 6.10 Å². The highest BCUT2D eigenvalue weighted by atomic mass is 16.3. The number of hydrogen-bond donors (Lipinski definition) is 3. The summed E-state index contributed by atoms with van der Waals surface area (Å²) >= 11 is 0. The SMILES string of the molecule is NCC1(C(O)c2cccc(O)c2)CC1. The van der Waals surface area contributed by atoms with Crippen molar-refractivity contribution in [3.63, 3.8) is 0 Å². The van der Waals surface area contributed by atoms with Crippen LogP contribution < -0.4 is 5.73 Å². The first-order valence-corrected chi connectivity index (χ1v) is 4.85. The molecule has 0 heterocycles. The number of hydrogen-bond acceptors (Lipinski definition) is 3. The van der Waals surface area contributed by atoms with Gasteiger partial charge in [0, 0.05) is 12.0 Å². The highest BCUT2D eigenvalue weighted by Gasteiger charge is 2.48. The van der Waals surface area contributed by atoms with E-state index in [4.69, 9.17) is 5.73 Å². The lowest BCUT2D eigenvalue weighted by Crippen LogP contribution is -2.23. The first-order chi connectivity index (χ1) is 6.68. The van der Waals surface area contributed by atoms with Crippen LogP contribution in [0.25, 0.3) is 0 Å². The third kappa shape index (κ3) is 1.49. The molecule has 76 valence electrons. The lowest BCUT2D eigenvalue weighted by atomic mass is 9.93. The Morgan fingerprint density at radius 1 is 1.43 bits per heavy atom. The summed E-state index contributed by atoms with van der Waals surface area (Å²) in [6.45, 7) is 0.504. The van der Waals surface area contributed by atoms with Gasteiger partial charge in [-0.25, -0.2) is 0 Å². The van der Waals surface area contributed by atoms with Crippen molar-refractivity contribution in [1.82, 2.24) is 0 Å². The van der Waals surface area contributed by atoms with Crippen LogP contribution in [0.2, 0.25) is 0 Å². The summed E-state index contributed by atoms with van der Waals surface area (Å²) in [5, 5.41) is 19.3. The van der Waals surface area contributed by atoms with Gasteiger partial charge in [0.1, 0.15) is 5.75 Å². The number of aliphatic hydroxyl groups excluding tert-OH is 1. The molecule has 4 N–H and O–H groups in total.